The van der Waals surface area contributed by atoms with Crippen LogP contribution in [-0.2, 0) is 11.3 Å². The third kappa shape index (κ3) is 4.10. The van der Waals surface area contributed by atoms with Crippen LogP contribution < -0.4 is 5.56 Å². The Morgan fingerprint density at radius 2 is 1.90 bits per heavy atom. The molecular weight excluding hydrogens is 368 g/mol. The lowest BCUT2D eigenvalue weighted by molar-refractivity contribution is -0.136. The summed E-state index contributed by atoms with van der Waals surface area (Å²) in [5, 5.41) is 15.2. The molecule has 0 unspecified atom stereocenters. The van der Waals surface area contributed by atoms with E-state index >= 15 is 0 Å². The van der Waals surface area contributed by atoms with E-state index in [1.54, 1.807) is 18.3 Å². The molecule has 0 spiro atoms. The van der Waals surface area contributed by atoms with Gasteiger partial charge in [0.2, 0.25) is 5.91 Å². The molecule has 1 atom stereocenters. The number of benzene rings is 1. The van der Waals surface area contributed by atoms with Crippen molar-refractivity contribution in [2.24, 2.45) is 0 Å². The van der Waals surface area contributed by atoms with Gasteiger partial charge in [0.15, 0.2) is 0 Å². The molecule has 4 rings (SSSR count). The van der Waals surface area contributed by atoms with E-state index in [4.69, 9.17) is 0 Å². The molecule has 7 heteroatoms. The van der Waals surface area contributed by atoms with E-state index in [9.17, 15) is 14.7 Å². The highest BCUT2D eigenvalue weighted by molar-refractivity contribution is 5.77. The lowest BCUT2D eigenvalue weighted by atomic mass is 9.90. The topological polar surface area (TPSA) is 79.8 Å². The molecule has 7 nitrogen and oxygen atoms in total. The van der Waals surface area contributed by atoms with E-state index < -0.39 is 5.60 Å². The van der Waals surface area contributed by atoms with Gasteiger partial charge in [0.25, 0.3) is 5.56 Å². The number of carbonyl (C=O) groups is 1. The van der Waals surface area contributed by atoms with E-state index in [1.807, 2.05) is 35.2 Å². The second-order valence-electron chi connectivity index (χ2n) is 8.02. The highest BCUT2D eigenvalue weighted by atomic mass is 16.3. The minimum absolute atomic E-state index is 0.108. The van der Waals surface area contributed by atoms with Crippen molar-refractivity contribution in [1.29, 1.82) is 0 Å². The van der Waals surface area contributed by atoms with Crippen LogP contribution in [0.25, 0.3) is 5.52 Å². The second-order valence-corrected chi connectivity index (χ2v) is 8.02. The van der Waals surface area contributed by atoms with Crippen LogP contribution >= 0.6 is 0 Å². The predicted molar refractivity (Wildman–Crippen MR) is 110 cm³/mol. The third-order valence-corrected chi connectivity index (χ3v) is 5.88. The van der Waals surface area contributed by atoms with E-state index in [0.29, 0.717) is 37.9 Å². The lowest BCUT2D eigenvalue weighted by Gasteiger charge is -2.38. The summed E-state index contributed by atoms with van der Waals surface area (Å²) in [5.74, 6) is 0.264. The first-order valence-electron chi connectivity index (χ1n) is 10.0. The van der Waals surface area contributed by atoms with Crippen LogP contribution in [0.3, 0.4) is 0 Å². The average Bonchev–Trinajstić information content (AvgIpc) is 3.21. The molecule has 0 radical (unpaired) electrons. The van der Waals surface area contributed by atoms with Gasteiger partial charge in [0, 0.05) is 25.7 Å². The Balaban J connectivity index is 1.37. The Morgan fingerprint density at radius 3 is 2.62 bits per heavy atom. The number of hydrogen-bond donors (Lipinski definition) is 1. The fourth-order valence-electron chi connectivity index (χ4n) is 4.01. The molecule has 1 aliphatic rings. The Bertz CT molecular complexity index is 1050. The Kier molecular flexibility index (Phi) is 5.24. The third-order valence-electron chi connectivity index (χ3n) is 5.88. The van der Waals surface area contributed by atoms with E-state index in [1.165, 1.54) is 15.4 Å². The van der Waals surface area contributed by atoms with Gasteiger partial charge in [-0.15, -0.1) is 0 Å². The van der Waals surface area contributed by atoms with Gasteiger partial charge in [-0.2, -0.15) is 5.10 Å². The standard InChI is InChI=1S/C22H26N4O3/c1-17(18-6-3-2-4-7-18)14-20(27)24-12-9-22(29,10-13-24)15-25-16-23-26-11-5-8-19(26)21(25)28/h2-8,11,16-17,29H,9-10,12-15H2,1H3/t17-/m1/s1. The van der Waals surface area contributed by atoms with Crippen LogP contribution in [0, 0.1) is 0 Å². The second kappa shape index (κ2) is 7.83. The quantitative estimate of drug-likeness (QED) is 0.718. The molecule has 0 aliphatic carbocycles. The van der Waals surface area contributed by atoms with Gasteiger partial charge in [-0.3, -0.25) is 14.2 Å². The van der Waals surface area contributed by atoms with Gasteiger partial charge in [0.05, 0.1) is 12.1 Å². The molecule has 3 aromatic rings. The van der Waals surface area contributed by atoms with Crippen molar-refractivity contribution in [2.75, 3.05) is 13.1 Å². The predicted octanol–water partition coefficient (Wildman–Crippen LogP) is 2.04. The first kappa shape index (κ1) is 19.4. The molecule has 29 heavy (non-hydrogen) atoms. The zero-order valence-electron chi connectivity index (χ0n) is 16.6. The molecule has 152 valence electrons. The van der Waals surface area contributed by atoms with Crippen molar-refractivity contribution in [3.05, 3.63) is 70.9 Å². The Morgan fingerprint density at radius 1 is 1.17 bits per heavy atom. The first-order chi connectivity index (χ1) is 14.0. The molecule has 2 aromatic heterocycles. The van der Waals surface area contributed by atoms with Crippen molar-refractivity contribution in [3.8, 4) is 0 Å². The van der Waals surface area contributed by atoms with Gasteiger partial charge in [0.1, 0.15) is 11.8 Å². The van der Waals surface area contributed by atoms with Gasteiger partial charge in [-0.25, -0.2) is 4.52 Å². The molecule has 1 saturated heterocycles. The zero-order chi connectivity index (χ0) is 20.4. The Hall–Kier alpha value is -2.93. The molecule has 1 amide bonds. The van der Waals surface area contributed by atoms with Gasteiger partial charge >= 0.3 is 0 Å². The normalized spacial score (nSPS) is 17.4. The summed E-state index contributed by atoms with van der Waals surface area (Å²) in [6, 6.07) is 13.5. The number of aromatic nitrogens is 3. The molecule has 3 heterocycles. The lowest BCUT2D eigenvalue weighted by Crippen LogP contribution is -2.49. The van der Waals surface area contributed by atoms with Gasteiger partial charge in [-0.05, 0) is 36.5 Å². The van der Waals surface area contributed by atoms with Crippen molar-refractivity contribution in [3.63, 3.8) is 0 Å². The zero-order valence-corrected chi connectivity index (χ0v) is 16.6. The van der Waals surface area contributed by atoms with Crippen LogP contribution in [0.15, 0.2) is 59.8 Å². The number of aliphatic hydroxyl groups is 1. The van der Waals surface area contributed by atoms with Gasteiger partial charge < -0.3 is 10.0 Å². The largest absolute Gasteiger partial charge is 0.388 e. The minimum Gasteiger partial charge on any atom is -0.388 e. The number of rotatable bonds is 5. The maximum Gasteiger partial charge on any atom is 0.277 e. The minimum atomic E-state index is -1.02. The number of likely N-dealkylation sites (tertiary alicyclic amines) is 1. The summed E-state index contributed by atoms with van der Waals surface area (Å²) >= 11 is 0. The fourth-order valence-corrected chi connectivity index (χ4v) is 4.01. The summed E-state index contributed by atoms with van der Waals surface area (Å²) in [4.78, 5) is 27.1. The van der Waals surface area contributed by atoms with Crippen molar-refractivity contribution in [1.82, 2.24) is 19.1 Å². The molecule has 1 aromatic carbocycles. The smallest absolute Gasteiger partial charge is 0.277 e. The average molecular weight is 394 g/mol. The maximum atomic E-state index is 12.7. The SMILES string of the molecule is C[C@H](CC(=O)N1CCC(O)(Cn2cnn3cccc3c2=O)CC1)c1ccccc1. The van der Waals surface area contributed by atoms with Crippen molar-refractivity contribution < 1.29 is 9.90 Å². The number of amides is 1. The number of hydrogen-bond acceptors (Lipinski definition) is 4. The van der Waals surface area contributed by atoms with Crippen molar-refractivity contribution >= 4 is 11.4 Å². The molecule has 1 N–H and O–H groups in total. The van der Waals surface area contributed by atoms with Crippen LogP contribution in [-0.4, -0.2) is 48.8 Å². The molecule has 0 bridgehead atoms. The molecule has 1 fully saturated rings. The van der Waals surface area contributed by atoms with E-state index in [-0.39, 0.29) is 23.9 Å². The molecule has 0 saturated carbocycles. The highest BCUT2D eigenvalue weighted by Gasteiger charge is 2.35. The highest BCUT2D eigenvalue weighted by Crippen LogP contribution is 2.26. The van der Waals surface area contributed by atoms with Crippen LogP contribution in [0.5, 0.6) is 0 Å². The number of piperidine rings is 1. The van der Waals surface area contributed by atoms with E-state index in [2.05, 4.69) is 12.0 Å². The van der Waals surface area contributed by atoms with Crippen LogP contribution in [0.4, 0.5) is 0 Å². The number of nitrogens with zero attached hydrogens (tertiary/aromatic N) is 4. The number of carbonyl (C=O) groups excluding carboxylic acids is 1. The monoisotopic (exact) mass is 394 g/mol. The maximum absolute atomic E-state index is 12.7. The van der Waals surface area contributed by atoms with E-state index in [0.717, 1.165) is 5.56 Å². The summed E-state index contributed by atoms with van der Waals surface area (Å²) in [5.41, 5.74) is 0.451. The van der Waals surface area contributed by atoms with Crippen molar-refractivity contribution in [2.45, 2.75) is 44.2 Å². The molecule has 1 aliphatic heterocycles. The molecular formula is C22H26N4O3. The summed E-state index contributed by atoms with van der Waals surface area (Å²) in [6.45, 7) is 3.23. The Labute approximate surface area is 169 Å². The first-order valence-corrected chi connectivity index (χ1v) is 10.0. The summed E-state index contributed by atoms with van der Waals surface area (Å²) < 4.78 is 2.99. The fraction of sp³-hybridized carbons (Fsp3) is 0.409. The number of fused-ring (bicyclic) bond motifs is 1. The summed E-state index contributed by atoms with van der Waals surface area (Å²) in [6.07, 6.45) is 4.52. The summed E-state index contributed by atoms with van der Waals surface area (Å²) in [7, 11) is 0. The van der Waals surface area contributed by atoms with Crippen LogP contribution in [0.2, 0.25) is 0 Å². The van der Waals surface area contributed by atoms with Crippen LogP contribution in [0.1, 0.15) is 37.7 Å². The van der Waals surface area contributed by atoms with Gasteiger partial charge in [-0.1, -0.05) is 37.3 Å².